The van der Waals surface area contributed by atoms with Crippen molar-refractivity contribution in [2.75, 3.05) is 0 Å². The summed E-state index contributed by atoms with van der Waals surface area (Å²) < 4.78 is 2.69. The average molecular weight is 613 g/mol. The predicted octanol–water partition coefficient (Wildman–Crippen LogP) is 13.7. The molecule has 0 radical (unpaired) electrons. The molecule has 0 spiro atoms. The minimum atomic E-state index is 1.24. The summed E-state index contributed by atoms with van der Waals surface area (Å²) in [5, 5.41) is 12.9. The molecule has 0 aliphatic carbocycles. The van der Waals surface area contributed by atoms with Gasteiger partial charge in [-0.1, -0.05) is 164 Å². The molecular formula is C46H28S. The van der Waals surface area contributed by atoms with E-state index in [4.69, 9.17) is 0 Å². The molecule has 10 aromatic rings. The van der Waals surface area contributed by atoms with Gasteiger partial charge in [0.25, 0.3) is 0 Å². The minimum Gasteiger partial charge on any atom is -0.135 e. The van der Waals surface area contributed by atoms with Crippen molar-refractivity contribution in [3.63, 3.8) is 0 Å². The summed E-state index contributed by atoms with van der Waals surface area (Å²) in [6.45, 7) is 0. The first kappa shape index (κ1) is 26.5. The van der Waals surface area contributed by atoms with Crippen LogP contribution in [0.4, 0.5) is 0 Å². The maximum atomic E-state index is 2.32. The van der Waals surface area contributed by atoms with Crippen LogP contribution in [0.3, 0.4) is 0 Å². The smallest absolute Gasteiger partial charge is 0.0433 e. The Kier molecular flexibility index (Phi) is 5.85. The Labute approximate surface area is 276 Å². The molecule has 0 fully saturated rings. The highest BCUT2D eigenvalue weighted by atomic mass is 32.1. The molecule has 0 saturated carbocycles. The number of rotatable bonds is 3. The Bertz CT molecular complexity index is 2780. The molecule has 218 valence electrons. The summed E-state index contributed by atoms with van der Waals surface area (Å²) in [4.78, 5) is 0. The Morgan fingerprint density at radius 2 is 0.809 bits per heavy atom. The standard InChI is InChI=1S/C46H28S/c1-2-13-33-29(11-1)23-26-31-12-9-21-41(43(31)33)45-38-17-5-3-15-36(38)44(37-16-4-6-18-39(37)45)32-27-24-30(25-28-32)34-19-10-20-40-35-14-7-8-22-42(35)47-46(34)40/h1-28H. The number of benzene rings is 9. The van der Waals surface area contributed by atoms with Crippen LogP contribution >= 0.6 is 11.3 Å². The van der Waals surface area contributed by atoms with Crippen LogP contribution in [-0.4, -0.2) is 0 Å². The molecule has 47 heavy (non-hydrogen) atoms. The molecule has 0 atom stereocenters. The molecule has 0 unspecified atom stereocenters. The molecule has 0 bridgehead atoms. The van der Waals surface area contributed by atoms with Gasteiger partial charge in [0, 0.05) is 20.2 Å². The van der Waals surface area contributed by atoms with Gasteiger partial charge in [0.1, 0.15) is 0 Å². The van der Waals surface area contributed by atoms with Gasteiger partial charge in [-0.25, -0.2) is 0 Å². The summed E-state index contributed by atoms with van der Waals surface area (Å²) in [6.07, 6.45) is 0. The van der Waals surface area contributed by atoms with E-state index in [9.17, 15) is 0 Å². The van der Waals surface area contributed by atoms with Crippen molar-refractivity contribution in [1.29, 1.82) is 0 Å². The largest absolute Gasteiger partial charge is 0.135 e. The fraction of sp³-hybridized carbons (Fsp3) is 0. The number of hydrogen-bond acceptors (Lipinski definition) is 1. The molecule has 0 saturated heterocycles. The van der Waals surface area contributed by atoms with Crippen LogP contribution in [0.1, 0.15) is 0 Å². The topological polar surface area (TPSA) is 0 Å². The Morgan fingerprint density at radius 3 is 1.55 bits per heavy atom. The number of fused-ring (bicyclic) bond motifs is 8. The molecule has 1 heterocycles. The second-order valence-corrected chi connectivity index (χ2v) is 13.4. The Balaban J connectivity index is 1.22. The molecule has 0 nitrogen and oxygen atoms in total. The van der Waals surface area contributed by atoms with Crippen molar-refractivity contribution < 1.29 is 0 Å². The molecule has 1 aromatic heterocycles. The zero-order valence-electron chi connectivity index (χ0n) is 25.6. The normalized spacial score (nSPS) is 11.8. The predicted molar refractivity (Wildman–Crippen MR) is 206 cm³/mol. The molecule has 0 N–H and O–H groups in total. The van der Waals surface area contributed by atoms with E-state index in [-0.39, 0.29) is 0 Å². The number of thiophene rings is 1. The van der Waals surface area contributed by atoms with Crippen LogP contribution in [0.2, 0.25) is 0 Å². The Hall–Kier alpha value is -5.76. The summed E-state index contributed by atoms with van der Waals surface area (Å²) in [7, 11) is 0. The van der Waals surface area contributed by atoms with Crippen LogP contribution in [0.15, 0.2) is 170 Å². The summed E-state index contributed by atoms with van der Waals surface area (Å²) >= 11 is 1.89. The summed E-state index contributed by atoms with van der Waals surface area (Å²) in [6, 6.07) is 62.7. The Morgan fingerprint density at radius 1 is 0.298 bits per heavy atom. The van der Waals surface area contributed by atoms with E-state index in [0.717, 1.165) is 0 Å². The lowest BCUT2D eigenvalue weighted by molar-refractivity contribution is 1.65. The first-order valence-electron chi connectivity index (χ1n) is 16.2. The van der Waals surface area contributed by atoms with Gasteiger partial charge >= 0.3 is 0 Å². The summed E-state index contributed by atoms with van der Waals surface area (Å²) in [5.41, 5.74) is 7.65. The molecule has 0 aliphatic heterocycles. The lowest BCUT2D eigenvalue weighted by atomic mass is 9.84. The van der Waals surface area contributed by atoms with Crippen LogP contribution < -0.4 is 0 Å². The first-order chi connectivity index (χ1) is 23.3. The molecular weight excluding hydrogens is 585 g/mol. The van der Waals surface area contributed by atoms with E-state index in [1.807, 2.05) is 11.3 Å². The molecule has 0 amide bonds. The lowest BCUT2D eigenvalue weighted by Crippen LogP contribution is -1.92. The quantitative estimate of drug-likeness (QED) is 0.138. The van der Waals surface area contributed by atoms with E-state index in [2.05, 4.69) is 170 Å². The zero-order valence-corrected chi connectivity index (χ0v) is 26.4. The van der Waals surface area contributed by atoms with Gasteiger partial charge in [-0.05, 0) is 82.5 Å². The van der Waals surface area contributed by atoms with Crippen LogP contribution in [0.5, 0.6) is 0 Å². The van der Waals surface area contributed by atoms with E-state index < -0.39 is 0 Å². The van der Waals surface area contributed by atoms with Gasteiger partial charge in [0.15, 0.2) is 0 Å². The zero-order chi connectivity index (χ0) is 30.9. The van der Waals surface area contributed by atoms with Crippen molar-refractivity contribution in [1.82, 2.24) is 0 Å². The second kappa shape index (κ2) is 10.4. The van der Waals surface area contributed by atoms with Crippen molar-refractivity contribution in [3.8, 4) is 33.4 Å². The monoisotopic (exact) mass is 612 g/mol. The highest BCUT2D eigenvalue weighted by Crippen LogP contribution is 2.47. The van der Waals surface area contributed by atoms with Crippen LogP contribution in [-0.2, 0) is 0 Å². The van der Waals surface area contributed by atoms with E-state index in [0.29, 0.717) is 0 Å². The van der Waals surface area contributed by atoms with Gasteiger partial charge in [0.05, 0.1) is 0 Å². The number of hydrogen-bond donors (Lipinski definition) is 0. The van der Waals surface area contributed by atoms with E-state index in [1.165, 1.54) is 96.6 Å². The fourth-order valence-corrected chi connectivity index (χ4v) is 9.03. The van der Waals surface area contributed by atoms with Gasteiger partial charge in [0.2, 0.25) is 0 Å². The van der Waals surface area contributed by atoms with Gasteiger partial charge in [-0.3, -0.25) is 0 Å². The summed E-state index contributed by atoms with van der Waals surface area (Å²) in [5.74, 6) is 0. The molecule has 9 aromatic carbocycles. The highest BCUT2D eigenvalue weighted by Gasteiger charge is 2.19. The van der Waals surface area contributed by atoms with E-state index >= 15 is 0 Å². The lowest BCUT2D eigenvalue weighted by Gasteiger charge is -2.19. The van der Waals surface area contributed by atoms with Gasteiger partial charge < -0.3 is 0 Å². The maximum Gasteiger partial charge on any atom is 0.0433 e. The third-order valence-corrected chi connectivity index (χ3v) is 11.1. The van der Waals surface area contributed by atoms with Crippen molar-refractivity contribution >= 4 is 74.6 Å². The molecule has 0 aliphatic rings. The van der Waals surface area contributed by atoms with Crippen molar-refractivity contribution in [3.05, 3.63) is 170 Å². The van der Waals surface area contributed by atoms with Gasteiger partial charge in [-0.2, -0.15) is 0 Å². The second-order valence-electron chi connectivity index (χ2n) is 12.4. The van der Waals surface area contributed by atoms with Crippen LogP contribution in [0.25, 0.3) is 96.6 Å². The third-order valence-electron chi connectivity index (χ3n) is 9.86. The maximum absolute atomic E-state index is 2.32. The average Bonchev–Trinajstić information content (AvgIpc) is 3.53. The highest BCUT2D eigenvalue weighted by molar-refractivity contribution is 7.26. The SMILES string of the molecule is c1ccc2c(c1)ccc1cccc(-c3c4ccccc4c(-c4ccc(-c5cccc6c5sc5ccccc56)cc4)c4ccccc34)c12. The van der Waals surface area contributed by atoms with E-state index in [1.54, 1.807) is 0 Å². The first-order valence-corrected chi connectivity index (χ1v) is 17.0. The molecule has 1 heteroatoms. The van der Waals surface area contributed by atoms with Crippen molar-refractivity contribution in [2.24, 2.45) is 0 Å². The van der Waals surface area contributed by atoms with Gasteiger partial charge in [-0.15, -0.1) is 11.3 Å². The molecule has 10 rings (SSSR count). The minimum absolute atomic E-state index is 1.24. The third kappa shape index (κ3) is 4.00. The fourth-order valence-electron chi connectivity index (χ4n) is 7.79. The van der Waals surface area contributed by atoms with Crippen LogP contribution in [0, 0.1) is 0 Å². The van der Waals surface area contributed by atoms with Crippen molar-refractivity contribution in [2.45, 2.75) is 0 Å².